The van der Waals surface area contributed by atoms with Crippen LogP contribution in [0.15, 0.2) is 23.2 Å². The van der Waals surface area contributed by atoms with Crippen molar-refractivity contribution in [3.8, 4) is 0 Å². The van der Waals surface area contributed by atoms with Gasteiger partial charge in [-0.2, -0.15) is 0 Å². The van der Waals surface area contributed by atoms with Crippen molar-refractivity contribution in [3.63, 3.8) is 0 Å². The SMILES string of the molecule is C[C@H](N=CC(C)(C)C)c1ccc(Cl)cc1Cl. The summed E-state index contributed by atoms with van der Waals surface area (Å²) in [4.78, 5) is 4.50. The Morgan fingerprint density at radius 2 is 1.88 bits per heavy atom. The van der Waals surface area contributed by atoms with E-state index in [2.05, 4.69) is 25.8 Å². The topological polar surface area (TPSA) is 12.4 Å². The standard InChI is InChI=1S/C13H17Cl2N/c1-9(16-8-13(2,3)4)11-6-5-10(14)7-12(11)15/h5-9H,1-4H3/t9-/m0/s1. The molecule has 0 radical (unpaired) electrons. The molecule has 0 bridgehead atoms. The fourth-order valence-corrected chi connectivity index (χ4v) is 1.82. The molecule has 0 fully saturated rings. The maximum absolute atomic E-state index is 6.12. The fourth-order valence-electron chi connectivity index (χ4n) is 1.26. The number of hydrogen-bond donors (Lipinski definition) is 0. The molecule has 0 amide bonds. The zero-order valence-corrected chi connectivity index (χ0v) is 11.6. The molecule has 3 heteroatoms. The van der Waals surface area contributed by atoms with E-state index in [1.165, 1.54) is 0 Å². The fraction of sp³-hybridized carbons (Fsp3) is 0.462. The van der Waals surface area contributed by atoms with E-state index < -0.39 is 0 Å². The summed E-state index contributed by atoms with van der Waals surface area (Å²) >= 11 is 12.0. The molecule has 1 aromatic carbocycles. The van der Waals surface area contributed by atoms with Crippen LogP contribution in [0.4, 0.5) is 0 Å². The molecule has 1 rings (SSSR count). The lowest BCUT2D eigenvalue weighted by molar-refractivity contribution is 0.599. The molecule has 0 aliphatic carbocycles. The van der Waals surface area contributed by atoms with E-state index in [0.717, 1.165) is 5.56 Å². The largest absolute Gasteiger partial charge is 0.289 e. The molecule has 88 valence electrons. The highest BCUT2D eigenvalue weighted by Crippen LogP contribution is 2.28. The molecule has 0 saturated carbocycles. The molecule has 0 heterocycles. The summed E-state index contributed by atoms with van der Waals surface area (Å²) in [5.41, 5.74) is 1.10. The summed E-state index contributed by atoms with van der Waals surface area (Å²) in [5, 5.41) is 1.33. The third-order valence-corrected chi connectivity index (χ3v) is 2.66. The van der Waals surface area contributed by atoms with E-state index in [1.807, 2.05) is 25.3 Å². The van der Waals surface area contributed by atoms with Gasteiger partial charge >= 0.3 is 0 Å². The average molecular weight is 258 g/mol. The lowest BCUT2D eigenvalue weighted by Crippen LogP contribution is -2.07. The maximum Gasteiger partial charge on any atom is 0.0731 e. The van der Waals surface area contributed by atoms with Gasteiger partial charge in [0.05, 0.1) is 6.04 Å². The van der Waals surface area contributed by atoms with E-state index >= 15 is 0 Å². The smallest absolute Gasteiger partial charge is 0.0731 e. The first kappa shape index (κ1) is 13.5. The van der Waals surface area contributed by atoms with Crippen molar-refractivity contribution in [2.45, 2.75) is 33.7 Å². The first-order valence-electron chi connectivity index (χ1n) is 5.29. The van der Waals surface area contributed by atoms with Crippen molar-refractivity contribution < 1.29 is 0 Å². The minimum Gasteiger partial charge on any atom is -0.289 e. The van der Waals surface area contributed by atoms with Crippen LogP contribution in [0.5, 0.6) is 0 Å². The Morgan fingerprint density at radius 3 is 2.38 bits per heavy atom. The van der Waals surface area contributed by atoms with Crippen molar-refractivity contribution in [2.75, 3.05) is 0 Å². The van der Waals surface area contributed by atoms with Gasteiger partial charge in [-0.3, -0.25) is 4.99 Å². The summed E-state index contributed by atoms with van der Waals surface area (Å²) in [6.45, 7) is 8.38. The Labute approximate surface area is 107 Å². The summed E-state index contributed by atoms with van der Waals surface area (Å²) in [6, 6.07) is 5.58. The van der Waals surface area contributed by atoms with Gasteiger partial charge in [-0.1, -0.05) is 50.0 Å². The summed E-state index contributed by atoms with van der Waals surface area (Å²) in [5.74, 6) is 0. The van der Waals surface area contributed by atoms with Crippen molar-refractivity contribution in [3.05, 3.63) is 33.8 Å². The molecule has 0 N–H and O–H groups in total. The van der Waals surface area contributed by atoms with Crippen LogP contribution in [0, 0.1) is 5.41 Å². The lowest BCUT2D eigenvalue weighted by atomic mass is 9.99. The van der Waals surface area contributed by atoms with Gasteiger partial charge in [-0.25, -0.2) is 0 Å². The van der Waals surface area contributed by atoms with Crippen molar-refractivity contribution >= 4 is 29.4 Å². The Hall–Kier alpha value is -0.530. The second-order valence-electron chi connectivity index (χ2n) is 4.99. The number of aliphatic imine (C=N–C) groups is 1. The van der Waals surface area contributed by atoms with Crippen LogP contribution in [0.25, 0.3) is 0 Å². The molecular weight excluding hydrogens is 241 g/mol. The first-order chi connectivity index (χ1) is 7.29. The Balaban J connectivity index is 2.89. The van der Waals surface area contributed by atoms with Crippen LogP contribution in [0.2, 0.25) is 10.0 Å². The monoisotopic (exact) mass is 257 g/mol. The normalized spacial score (nSPS) is 14.4. The van der Waals surface area contributed by atoms with Crippen LogP contribution < -0.4 is 0 Å². The summed E-state index contributed by atoms with van der Waals surface area (Å²) < 4.78 is 0. The molecule has 0 aliphatic rings. The van der Waals surface area contributed by atoms with E-state index in [4.69, 9.17) is 23.2 Å². The first-order valence-corrected chi connectivity index (χ1v) is 6.04. The van der Waals surface area contributed by atoms with Gasteiger partial charge in [0.1, 0.15) is 0 Å². The molecule has 0 aliphatic heterocycles. The molecule has 0 aromatic heterocycles. The number of hydrogen-bond acceptors (Lipinski definition) is 1. The molecule has 1 aromatic rings. The molecule has 16 heavy (non-hydrogen) atoms. The number of rotatable bonds is 2. The van der Waals surface area contributed by atoms with Crippen molar-refractivity contribution in [1.82, 2.24) is 0 Å². The molecule has 0 spiro atoms. The molecule has 0 unspecified atom stereocenters. The van der Waals surface area contributed by atoms with E-state index in [1.54, 1.807) is 6.07 Å². The highest BCUT2D eigenvalue weighted by atomic mass is 35.5. The van der Waals surface area contributed by atoms with Gasteiger partial charge in [0.15, 0.2) is 0 Å². The highest BCUT2D eigenvalue weighted by molar-refractivity contribution is 6.35. The Bertz CT molecular complexity index is 391. The molecule has 1 atom stereocenters. The average Bonchev–Trinajstić information content (AvgIpc) is 2.13. The number of halogens is 2. The van der Waals surface area contributed by atoms with Gasteiger partial charge < -0.3 is 0 Å². The predicted molar refractivity (Wildman–Crippen MR) is 72.8 cm³/mol. The van der Waals surface area contributed by atoms with Crippen LogP contribution in [-0.2, 0) is 0 Å². The van der Waals surface area contributed by atoms with Crippen LogP contribution in [-0.4, -0.2) is 6.21 Å². The van der Waals surface area contributed by atoms with Crippen LogP contribution >= 0.6 is 23.2 Å². The van der Waals surface area contributed by atoms with E-state index in [9.17, 15) is 0 Å². The molecule has 0 saturated heterocycles. The number of nitrogens with zero attached hydrogens (tertiary/aromatic N) is 1. The third-order valence-electron chi connectivity index (χ3n) is 2.10. The second kappa shape index (κ2) is 5.20. The maximum atomic E-state index is 6.12. The predicted octanol–water partition coefficient (Wildman–Crippen LogP) is 5.17. The van der Waals surface area contributed by atoms with Crippen LogP contribution in [0.3, 0.4) is 0 Å². The molecule has 1 nitrogen and oxygen atoms in total. The summed E-state index contributed by atoms with van der Waals surface area (Å²) in [6.07, 6.45) is 1.96. The minimum atomic E-state index is 0.0593. The highest BCUT2D eigenvalue weighted by Gasteiger charge is 2.10. The van der Waals surface area contributed by atoms with Gasteiger partial charge in [-0.15, -0.1) is 0 Å². The Morgan fingerprint density at radius 1 is 1.25 bits per heavy atom. The third kappa shape index (κ3) is 4.15. The van der Waals surface area contributed by atoms with Crippen molar-refractivity contribution in [1.29, 1.82) is 0 Å². The van der Waals surface area contributed by atoms with Crippen LogP contribution in [0.1, 0.15) is 39.3 Å². The Kier molecular flexibility index (Phi) is 4.40. The van der Waals surface area contributed by atoms with Gasteiger partial charge in [0.25, 0.3) is 0 Å². The molecular formula is C13H17Cl2N. The minimum absolute atomic E-state index is 0.0593. The quantitative estimate of drug-likeness (QED) is 0.649. The van der Waals surface area contributed by atoms with Gasteiger partial charge in [0, 0.05) is 16.3 Å². The van der Waals surface area contributed by atoms with Gasteiger partial charge in [0.2, 0.25) is 0 Å². The zero-order chi connectivity index (χ0) is 12.3. The summed E-state index contributed by atoms with van der Waals surface area (Å²) in [7, 11) is 0. The van der Waals surface area contributed by atoms with E-state index in [0.29, 0.717) is 10.0 Å². The lowest BCUT2D eigenvalue weighted by Gasteiger charge is -2.14. The van der Waals surface area contributed by atoms with Crippen molar-refractivity contribution in [2.24, 2.45) is 10.4 Å². The second-order valence-corrected chi connectivity index (χ2v) is 5.83. The zero-order valence-electron chi connectivity index (χ0n) is 10.1. The number of benzene rings is 1. The van der Waals surface area contributed by atoms with E-state index in [-0.39, 0.29) is 11.5 Å². The van der Waals surface area contributed by atoms with Gasteiger partial charge in [-0.05, 0) is 30.0 Å².